The zero-order valence-corrected chi connectivity index (χ0v) is 15.6. The number of imidazole rings is 1. The number of rotatable bonds is 2. The van der Waals surface area contributed by atoms with Crippen molar-refractivity contribution in [2.45, 2.75) is 13.8 Å². The van der Waals surface area contributed by atoms with Crippen LogP contribution in [0.3, 0.4) is 0 Å². The summed E-state index contributed by atoms with van der Waals surface area (Å²) in [5.74, 6) is -0.103. The second-order valence-corrected chi connectivity index (χ2v) is 6.99. The number of amides is 1. The van der Waals surface area contributed by atoms with Crippen molar-refractivity contribution in [1.29, 1.82) is 0 Å². The van der Waals surface area contributed by atoms with Gasteiger partial charge in [0.15, 0.2) is 5.65 Å². The molecule has 0 bridgehead atoms. The fourth-order valence-electron chi connectivity index (χ4n) is 3.59. The molecule has 5 nitrogen and oxygen atoms in total. The van der Waals surface area contributed by atoms with Gasteiger partial charge in [-0.1, -0.05) is 54.1 Å². The molecule has 1 N–H and O–H groups in total. The standard InChI is InChI=1S/C23H18N4O/c1-14-7-9-16(10-8-14)22-18-5-3-4-6-19(18)23-25-20-13-17(24-15(2)28)11-12-21(20)27(23)26-22/h3-13H,1-2H3,(H,24,28). The molecule has 0 aliphatic carbocycles. The van der Waals surface area contributed by atoms with Gasteiger partial charge in [-0.25, -0.2) is 9.50 Å². The Morgan fingerprint density at radius 2 is 1.71 bits per heavy atom. The highest BCUT2D eigenvalue weighted by Gasteiger charge is 2.14. The SMILES string of the molecule is CC(=O)Nc1ccc2c(c1)nc1c3ccccc3c(-c3ccc(C)cc3)nn21. The van der Waals surface area contributed by atoms with Crippen molar-refractivity contribution in [1.82, 2.24) is 14.6 Å². The van der Waals surface area contributed by atoms with Crippen LogP contribution in [0, 0.1) is 6.92 Å². The molecule has 0 saturated heterocycles. The van der Waals surface area contributed by atoms with Crippen molar-refractivity contribution < 1.29 is 4.79 Å². The summed E-state index contributed by atoms with van der Waals surface area (Å²) < 4.78 is 1.89. The number of fused-ring (bicyclic) bond motifs is 5. The first-order valence-electron chi connectivity index (χ1n) is 9.16. The van der Waals surface area contributed by atoms with Crippen LogP contribution in [0.15, 0.2) is 66.7 Å². The maximum atomic E-state index is 11.4. The minimum absolute atomic E-state index is 0.103. The van der Waals surface area contributed by atoms with Crippen molar-refractivity contribution in [3.8, 4) is 11.3 Å². The van der Waals surface area contributed by atoms with Gasteiger partial charge in [-0.15, -0.1) is 0 Å². The molecule has 5 heteroatoms. The molecule has 5 rings (SSSR count). The van der Waals surface area contributed by atoms with E-state index in [1.54, 1.807) is 0 Å². The zero-order valence-electron chi connectivity index (χ0n) is 15.6. The van der Waals surface area contributed by atoms with Crippen LogP contribution in [0.5, 0.6) is 0 Å². The van der Waals surface area contributed by atoms with Crippen molar-refractivity contribution in [2.24, 2.45) is 0 Å². The Labute approximate surface area is 161 Å². The van der Waals surface area contributed by atoms with Gasteiger partial charge in [-0.2, -0.15) is 5.10 Å². The predicted octanol–water partition coefficient (Wildman–Crippen LogP) is 4.97. The number of carbonyl (C=O) groups excluding carboxylic acids is 1. The highest BCUT2D eigenvalue weighted by Crippen LogP contribution is 2.31. The maximum absolute atomic E-state index is 11.4. The van der Waals surface area contributed by atoms with E-state index in [0.29, 0.717) is 0 Å². The van der Waals surface area contributed by atoms with E-state index in [1.165, 1.54) is 12.5 Å². The molecule has 136 valence electrons. The molecular formula is C23H18N4O. The van der Waals surface area contributed by atoms with Gasteiger partial charge in [0.25, 0.3) is 0 Å². The van der Waals surface area contributed by atoms with Crippen LogP contribution in [0.25, 0.3) is 38.7 Å². The zero-order chi connectivity index (χ0) is 19.3. The normalized spacial score (nSPS) is 11.4. The van der Waals surface area contributed by atoms with Gasteiger partial charge in [-0.3, -0.25) is 4.79 Å². The number of nitrogens with zero attached hydrogens (tertiary/aromatic N) is 3. The Kier molecular flexibility index (Phi) is 3.62. The van der Waals surface area contributed by atoms with Gasteiger partial charge in [0.05, 0.1) is 16.7 Å². The number of benzene rings is 3. The lowest BCUT2D eigenvalue weighted by molar-refractivity contribution is -0.114. The lowest BCUT2D eigenvalue weighted by atomic mass is 10.0. The highest BCUT2D eigenvalue weighted by molar-refractivity contribution is 6.04. The summed E-state index contributed by atoms with van der Waals surface area (Å²) in [7, 11) is 0. The third kappa shape index (κ3) is 2.60. The average molecular weight is 366 g/mol. The Morgan fingerprint density at radius 1 is 0.964 bits per heavy atom. The molecule has 1 amide bonds. The van der Waals surface area contributed by atoms with Crippen LogP contribution in [0.4, 0.5) is 5.69 Å². The maximum Gasteiger partial charge on any atom is 0.221 e. The van der Waals surface area contributed by atoms with E-state index < -0.39 is 0 Å². The second-order valence-electron chi connectivity index (χ2n) is 6.99. The van der Waals surface area contributed by atoms with E-state index in [4.69, 9.17) is 10.1 Å². The third-order valence-corrected chi connectivity index (χ3v) is 4.90. The number of anilines is 1. The molecule has 0 saturated carbocycles. The van der Waals surface area contributed by atoms with E-state index in [0.717, 1.165) is 44.4 Å². The van der Waals surface area contributed by atoms with Gasteiger partial charge >= 0.3 is 0 Å². The first kappa shape index (κ1) is 16.4. The Bertz CT molecular complexity index is 1370. The van der Waals surface area contributed by atoms with Crippen LogP contribution in [-0.4, -0.2) is 20.5 Å². The molecule has 0 radical (unpaired) electrons. The van der Waals surface area contributed by atoms with E-state index in [1.807, 2.05) is 34.8 Å². The van der Waals surface area contributed by atoms with Gasteiger partial charge < -0.3 is 5.32 Å². The number of hydrogen-bond donors (Lipinski definition) is 1. The molecule has 0 atom stereocenters. The second kappa shape index (κ2) is 6.16. The third-order valence-electron chi connectivity index (χ3n) is 4.90. The first-order valence-corrected chi connectivity index (χ1v) is 9.16. The summed E-state index contributed by atoms with van der Waals surface area (Å²) in [4.78, 5) is 16.2. The first-order chi connectivity index (χ1) is 13.6. The minimum Gasteiger partial charge on any atom is -0.326 e. The van der Waals surface area contributed by atoms with E-state index in [9.17, 15) is 4.79 Å². The van der Waals surface area contributed by atoms with Crippen LogP contribution in [-0.2, 0) is 4.79 Å². The Morgan fingerprint density at radius 3 is 2.46 bits per heavy atom. The molecule has 5 aromatic rings. The number of aromatic nitrogens is 3. The molecule has 0 unspecified atom stereocenters. The highest BCUT2D eigenvalue weighted by atomic mass is 16.1. The topological polar surface area (TPSA) is 59.3 Å². The minimum atomic E-state index is -0.103. The van der Waals surface area contributed by atoms with Crippen LogP contribution < -0.4 is 5.32 Å². The predicted molar refractivity (Wildman–Crippen MR) is 112 cm³/mol. The van der Waals surface area contributed by atoms with E-state index >= 15 is 0 Å². The van der Waals surface area contributed by atoms with Crippen molar-refractivity contribution in [3.05, 3.63) is 72.3 Å². The summed E-state index contributed by atoms with van der Waals surface area (Å²) in [5, 5.41) is 9.87. The number of hydrogen-bond acceptors (Lipinski definition) is 3. The number of nitrogens with one attached hydrogen (secondary N) is 1. The Hall–Kier alpha value is -3.73. The summed E-state index contributed by atoms with van der Waals surface area (Å²) >= 11 is 0. The quantitative estimate of drug-likeness (QED) is 0.480. The molecule has 2 aromatic heterocycles. The number of carbonyl (C=O) groups is 1. The van der Waals surface area contributed by atoms with Crippen molar-refractivity contribution >= 4 is 39.0 Å². The molecule has 0 aliphatic rings. The molecule has 0 fully saturated rings. The van der Waals surface area contributed by atoms with Crippen molar-refractivity contribution in [3.63, 3.8) is 0 Å². The molecule has 28 heavy (non-hydrogen) atoms. The summed E-state index contributed by atoms with van der Waals surface area (Å²) in [6.45, 7) is 3.57. The molecule has 0 aliphatic heterocycles. The summed E-state index contributed by atoms with van der Waals surface area (Å²) in [5.41, 5.74) is 6.45. The molecule has 2 heterocycles. The largest absolute Gasteiger partial charge is 0.326 e. The van der Waals surface area contributed by atoms with Gasteiger partial charge in [0, 0.05) is 28.9 Å². The van der Waals surface area contributed by atoms with Crippen LogP contribution in [0.2, 0.25) is 0 Å². The average Bonchev–Trinajstić information content (AvgIpc) is 3.05. The molecule has 0 spiro atoms. The van der Waals surface area contributed by atoms with Gasteiger partial charge in [0.2, 0.25) is 5.91 Å². The van der Waals surface area contributed by atoms with Gasteiger partial charge in [-0.05, 0) is 25.1 Å². The van der Waals surface area contributed by atoms with Crippen LogP contribution in [0.1, 0.15) is 12.5 Å². The monoisotopic (exact) mass is 366 g/mol. The van der Waals surface area contributed by atoms with E-state index in [2.05, 4.69) is 48.6 Å². The van der Waals surface area contributed by atoms with Crippen LogP contribution >= 0.6 is 0 Å². The van der Waals surface area contributed by atoms with Gasteiger partial charge in [0.1, 0.15) is 0 Å². The fourth-order valence-corrected chi connectivity index (χ4v) is 3.59. The van der Waals surface area contributed by atoms with Crippen molar-refractivity contribution in [2.75, 3.05) is 5.32 Å². The lowest BCUT2D eigenvalue weighted by Crippen LogP contribution is -2.05. The Balaban J connectivity index is 1.84. The molecule has 3 aromatic carbocycles. The number of aryl methyl sites for hydroxylation is 1. The molecular weight excluding hydrogens is 348 g/mol. The smallest absolute Gasteiger partial charge is 0.221 e. The van der Waals surface area contributed by atoms with E-state index in [-0.39, 0.29) is 5.91 Å². The lowest BCUT2D eigenvalue weighted by Gasteiger charge is -2.08. The summed E-state index contributed by atoms with van der Waals surface area (Å²) in [6.07, 6.45) is 0. The fraction of sp³-hybridized carbons (Fsp3) is 0.0870. The summed E-state index contributed by atoms with van der Waals surface area (Å²) in [6, 6.07) is 22.3.